The number of amides is 2. The third-order valence-corrected chi connectivity index (χ3v) is 5.78. The number of nitrogens with zero attached hydrogens (tertiary/aromatic N) is 2. The highest BCUT2D eigenvalue weighted by atomic mass is 16.7. The zero-order chi connectivity index (χ0) is 23.1. The van der Waals surface area contributed by atoms with Gasteiger partial charge in [-0.2, -0.15) is 5.10 Å². The molecule has 4 N–H and O–H groups in total. The second-order valence-electron chi connectivity index (χ2n) is 8.45. The van der Waals surface area contributed by atoms with E-state index in [4.69, 9.17) is 15.2 Å². The number of aryl methyl sites for hydroxylation is 1. The SMILES string of the molecule is CC(C)NCC(=O)Nc1ccc2c(c1)-c1c(c(C(N)=O)nn1-c1ccc3c(c1)OCO3)CC2. The lowest BCUT2D eigenvalue weighted by molar-refractivity contribution is -0.115. The first-order chi connectivity index (χ1) is 15.9. The Kier molecular flexibility index (Phi) is 5.26. The van der Waals surface area contributed by atoms with Gasteiger partial charge in [-0.25, -0.2) is 4.68 Å². The second-order valence-corrected chi connectivity index (χ2v) is 8.45. The lowest BCUT2D eigenvalue weighted by atomic mass is 9.88. The fourth-order valence-electron chi connectivity index (χ4n) is 4.22. The van der Waals surface area contributed by atoms with E-state index >= 15 is 0 Å². The molecule has 0 radical (unpaired) electrons. The smallest absolute Gasteiger partial charge is 0.269 e. The minimum absolute atomic E-state index is 0.123. The average molecular weight is 447 g/mol. The number of nitrogens with one attached hydrogen (secondary N) is 2. The van der Waals surface area contributed by atoms with Gasteiger partial charge < -0.3 is 25.8 Å². The summed E-state index contributed by atoms with van der Waals surface area (Å²) in [7, 11) is 0. The van der Waals surface area contributed by atoms with Crippen LogP contribution in [-0.4, -0.2) is 41.0 Å². The molecule has 0 fully saturated rings. The fraction of sp³-hybridized carbons (Fsp3) is 0.292. The average Bonchev–Trinajstić information content (AvgIpc) is 3.42. The van der Waals surface area contributed by atoms with Gasteiger partial charge in [0.25, 0.3) is 5.91 Å². The molecule has 2 aliphatic rings. The van der Waals surface area contributed by atoms with Gasteiger partial charge in [0.1, 0.15) is 0 Å². The number of hydrogen-bond acceptors (Lipinski definition) is 6. The molecule has 5 rings (SSSR count). The van der Waals surface area contributed by atoms with Crippen LogP contribution >= 0.6 is 0 Å². The number of fused-ring (bicyclic) bond motifs is 4. The van der Waals surface area contributed by atoms with Crippen LogP contribution < -0.4 is 25.8 Å². The second kappa shape index (κ2) is 8.25. The van der Waals surface area contributed by atoms with Gasteiger partial charge in [0, 0.05) is 28.9 Å². The summed E-state index contributed by atoms with van der Waals surface area (Å²) in [5.74, 6) is 0.586. The molecule has 0 bridgehead atoms. The Balaban J connectivity index is 1.58. The summed E-state index contributed by atoms with van der Waals surface area (Å²) in [4.78, 5) is 24.5. The molecule has 2 aromatic carbocycles. The maximum absolute atomic E-state index is 12.3. The molecule has 0 unspecified atom stereocenters. The van der Waals surface area contributed by atoms with Crippen molar-refractivity contribution in [3.05, 3.63) is 53.2 Å². The van der Waals surface area contributed by atoms with Crippen LogP contribution in [0.3, 0.4) is 0 Å². The number of anilines is 1. The Morgan fingerprint density at radius 1 is 1.12 bits per heavy atom. The molecule has 9 nitrogen and oxygen atoms in total. The number of rotatable bonds is 6. The van der Waals surface area contributed by atoms with Crippen molar-refractivity contribution in [1.82, 2.24) is 15.1 Å². The van der Waals surface area contributed by atoms with E-state index in [1.54, 1.807) is 4.68 Å². The molecule has 0 saturated carbocycles. The van der Waals surface area contributed by atoms with Crippen molar-refractivity contribution in [3.63, 3.8) is 0 Å². The van der Waals surface area contributed by atoms with E-state index in [1.165, 1.54) is 0 Å². The summed E-state index contributed by atoms with van der Waals surface area (Å²) in [6.07, 6.45) is 1.40. The Morgan fingerprint density at radius 2 is 1.94 bits per heavy atom. The minimum Gasteiger partial charge on any atom is -0.454 e. The van der Waals surface area contributed by atoms with Crippen LogP contribution in [0.5, 0.6) is 11.5 Å². The van der Waals surface area contributed by atoms with Crippen molar-refractivity contribution in [1.29, 1.82) is 0 Å². The van der Waals surface area contributed by atoms with Crippen molar-refractivity contribution in [3.8, 4) is 28.4 Å². The van der Waals surface area contributed by atoms with Crippen molar-refractivity contribution in [2.24, 2.45) is 5.73 Å². The molecule has 9 heteroatoms. The van der Waals surface area contributed by atoms with Crippen molar-refractivity contribution < 1.29 is 19.1 Å². The van der Waals surface area contributed by atoms with E-state index in [0.717, 1.165) is 34.5 Å². The third kappa shape index (κ3) is 3.91. The molecule has 0 spiro atoms. The Hall–Kier alpha value is -3.85. The normalized spacial score (nSPS) is 13.5. The van der Waals surface area contributed by atoms with Gasteiger partial charge in [-0.15, -0.1) is 0 Å². The quantitative estimate of drug-likeness (QED) is 0.534. The van der Waals surface area contributed by atoms with Crippen molar-refractivity contribution >= 4 is 17.5 Å². The molecule has 0 saturated heterocycles. The van der Waals surface area contributed by atoms with Crippen LogP contribution in [0, 0.1) is 0 Å². The summed E-state index contributed by atoms with van der Waals surface area (Å²) in [6.45, 7) is 4.36. The molecular weight excluding hydrogens is 422 g/mol. The minimum atomic E-state index is -0.571. The number of hydrogen-bond donors (Lipinski definition) is 3. The molecule has 1 aliphatic heterocycles. The predicted molar refractivity (Wildman–Crippen MR) is 123 cm³/mol. The highest BCUT2D eigenvalue weighted by molar-refractivity contribution is 5.96. The maximum Gasteiger partial charge on any atom is 0.269 e. The number of ether oxygens (including phenoxy) is 2. The Labute approximate surface area is 190 Å². The highest BCUT2D eigenvalue weighted by Crippen LogP contribution is 2.40. The molecule has 170 valence electrons. The largest absolute Gasteiger partial charge is 0.454 e. The lowest BCUT2D eigenvalue weighted by Gasteiger charge is -2.20. The van der Waals surface area contributed by atoms with E-state index in [-0.39, 0.29) is 31.0 Å². The number of primary amides is 1. The topological polar surface area (TPSA) is 120 Å². The van der Waals surface area contributed by atoms with Gasteiger partial charge in [-0.05, 0) is 42.7 Å². The Morgan fingerprint density at radius 3 is 2.73 bits per heavy atom. The van der Waals surface area contributed by atoms with Gasteiger partial charge >= 0.3 is 0 Å². The summed E-state index contributed by atoms with van der Waals surface area (Å²) >= 11 is 0. The van der Waals surface area contributed by atoms with Crippen molar-refractivity contribution in [2.75, 3.05) is 18.7 Å². The monoisotopic (exact) mass is 447 g/mol. The summed E-state index contributed by atoms with van der Waals surface area (Å²) < 4.78 is 12.7. The van der Waals surface area contributed by atoms with Gasteiger partial charge in [-0.1, -0.05) is 19.9 Å². The number of benzene rings is 2. The summed E-state index contributed by atoms with van der Waals surface area (Å²) in [5, 5.41) is 10.6. The van der Waals surface area contributed by atoms with E-state index in [1.807, 2.05) is 50.2 Å². The van der Waals surface area contributed by atoms with Crippen LogP contribution in [0.25, 0.3) is 16.9 Å². The molecule has 0 atom stereocenters. The highest BCUT2D eigenvalue weighted by Gasteiger charge is 2.29. The molecule has 2 heterocycles. The predicted octanol–water partition coefficient (Wildman–Crippen LogP) is 2.40. The van der Waals surface area contributed by atoms with Gasteiger partial charge in [0.2, 0.25) is 12.7 Å². The van der Waals surface area contributed by atoms with E-state index in [0.29, 0.717) is 23.6 Å². The number of aromatic nitrogens is 2. The van der Waals surface area contributed by atoms with Crippen LogP contribution in [0.2, 0.25) is 0 Å². The van der Waals surface area contributed by atoms with Crippen LogP contribution in [0.15, 0.2) is 36.4 Å². The van der Waals surface area contributed by atoms with Gasteiger partial charge in [0.05, 0.1) is 17.9 Å². The third-order valence-electron chi connectivity index (χ3n) is 5.78. The summed E-state index contributed by atoms with van der Waals surface area (Å²) in [6, 6.07) is 11.6. The van der Waals surface area contributed by atoms with Crippen molar-refractivity contribution in [2.45, 2.75) is 32.7 Å². The molecule has 3 aromatic rings. The zero-order valence-electron chi connectivity index (χ0n) is 18.5. The first kappa shape index (κ1) is 21.0. The maximum atomic E-state index is 12.3. The van der Waals surface area contributed by atoms with Crippen LogP contribution in [0.1, 0.15) is 35.5 Å². The van der Waals surface area contributed by atoms with Crippen LogP contribution in [0.4, 0.5) is 5.69 Å². The first-order valence-corrected chi connectivity index (χ1v) is 10.9. The van der Waals surface area contributed by atoms with E-state index in [2.05, 4.69) is 15.7 Å². The molecule has 33 heavy (non-hydrogen) atoms. The fourth-order valence-corrected chi connectivity index (χ4v) is 4.22. The van der Waals surface area contributed by atoms with E-state index in [9.17, 15) is 9.59 Å². The standard InChI is InChI=1S/C24H25N5O4/c1-13(2)26-11-21(30)27-15-5-3-14-4-7-17-22(24(25)31)28-29(23(17)18(14)9-15)16-6-8-19-20(10-16)33-12-32-19/h3,5-6,8-10,13,26H,4,7,11-12H2,1-2H3,(H2,25,31)(H,27,30). The summed E-state index contributed by atoms with van der Waals surface area (Å²) in [5.41, 5.74) is 10.9. The van der Waals surface area contributed by atoms with Gasteiger partial charge in [0.15, 0.2) is 17.2 Å². The number of carbonyl (C=O) groups excluding carboxylic acids is 2. The zero-order valence-corrected chi connectivity index (χ0v) is 18.5. The number of nitrogens with two attached hydrogens (primary N) is 1. The molecule has 1 aliphatic carbocycles. The Bertz CT molecular complexity index is 1260. The first-order valence-electron chi connectivity index (χ1n) is 10.9. The number of carbonyl (C=O) groups is 2. The van der Waals surface area contributed by atoms with Crippen LogP contribution in [-0.2, 0) is 17.6 Å². The van der Waals surface area contributed by atoms with E-state index < -0.39 is 5.91 Å². The molecule has 2 amide bonds. The molecule has 1 aromatic heterocycles. The lowest BCUT2D eigenvalue weighted by Crippen LogP contribution is -2.32. The van der Waals surface area contributed by atoms with Gasteiger partial charge in [-0.3, -0.25) is 9.59 Å². The molecular formula is C24H25N5O4.